The van der Waals surface area contributed by atoms with E-state index in [9.17, 15) is 26.4 Å². The van der Waals surface area contributed by atoms with Gasteiger partial charge in [-0.3, -0.25) is 4.79 Å². The van der Waals surface area contributed by atoms with Crippen molar-refractivity contribution in [3.05, 3.63) is 89.0 Å². The van der Waals surface area contributed by atoms with E-state index >= 15 is 0 Å². The number of benzene rings is 2. The molecule has 4 N–H and O–H groups in total. The smallest absolute Gasteiger partial charge is 0.416 e. The van der Waals surface area contributed by atoms with Crippen LogP contribution in [0.15, 0.2) is 72.3 Å². The van der Waals surface area contributed by atoms with E-state index in [0.29, 0.717) is 43.4 Å². The molecule has 3 atom stereocenters. The number of allylic oxidation sites excluding steroid dienone is 3. The summed E-state index contributed by atoms with van der Waals surface area (Å²) in [6, 6.07) is 12.9. The Bertz CT molecular complexity index is 1310. The van der Waals surface area contributed by atoms with Crippen molar-refractivity contribution in [2.45, 2.75) is 49.2 Å². The molecule has 1 aliphatic carbocycles. The van der Waals surface area contributed by atoms with Crippen molar-refractivity contribution in [1.29, 1.82) is 0 Å². The van der Waals surface area contributed by atoms with Crippen molar-refractivity contribution >= 4 is 15.9 Å². The Morgan fingerprint density at radius 2 is 1.92 bits per heavy atom. The first-order valence-corrected chi connectivity index (χ1v) is 13.9. The van der Waals surface area contributed by atoms with E-state index in [1.807, 2.05) is 18.2 Å². The van der Waals surface area contributed by atoms with Gasteiger partial charge in [0.1, 0.15) is 5.75 Å². The number of rotatable bonds is 9. The number of nitrogens with one attached hydrogen (secondary N) is 2. The zero-order valence-electron chi connectivity index (χ0n) is 20.6. The van der Waals surface area contributed by atoms with Gasteiger partial charge in [0.2, 0.25) is 15.9 Å². The summed E-state index contributed by atoms with van der Waals surface area (Å²) in [5.41, 5.74) is 7.00. The van der Waals surface area contributed by atoms with Crippen molar-refractivity contribution in [2.24, 2.45) is 5.73 Å². The van der Waals surface area contributed by atoms with Crippen molar-refractivity contribution in [3.63, 3.8) is 0 Å². The molecule has 1 unspecified atom stereocenters. The molecule has 1 aliphatic heterocycles. The van der Waals surface area contributed by atoms with E-state index < -0.39 is 39.0 Å². The molecule has 0 saturated heterocycles. The predicted octanol–water partition coefficient (Wildman–Crippen LogP) is 4.00. The first kappa shape index (κ1) is 27.9. The molecule has 7 nitrogen and oxygen atoms in total. The average molecular weight is 550 g/mol. The molecule has 2 aromatic rings. The van der Waals surface area contributed by atoms with E-state index in [4.69, 9.17) is 10.5 Å². The molecule has 0 radical (unpaired) electrons. The molecule has 1 heterocycles. The summed E-state index contributed by atoms with van der Waals surface area (Å²) in [4.78, 5) is 13.1. The highest BCUT2D eigenvalue weighted by Crippen LogP contribution is 2.34. The minimum Gasteiger partial charge on any atom is -0.493 e. The Morgan fingerprint density at radius 1 is 1.16 bits per heavy atom. The summed E-state index contributed by atoms with van der Waals surface area (Å²) in [6.45, 7) is 0.905. The first-order valence-electron chi connectivity index (χ1n) is 12.3. The number of amides is 1. The van der Waals surface area contributed by atoms with Crippen molar-refractivity contribution in [3.8, 4) is 5.75 Å². The van der Waals surface area contributed by atoms with Gasteiger partial charge in [-0.2, -0.15) is 13.2 Å². The van der Waals surface area contributed by atoms with Crippen LogP contribution in [-0.2, 0) is 21.2 Å². The SMILES string of the molecule is NCCc1ccc2c(c1)OCC[C@H]2NC(=O)C[C@@H](NS(=O)(=O)C1C=C(C(F)(F)F)C=CC1)c1ccccc1. The summed E-state index contributed by atoms with van der Waals surface area (Å²) in [6.07, 6.45) is -0.986. The molecular formula is C27H30F3N3O4S. The largest absolute Gasteiger partial charge is 0.493 e. The van der Waals surface area contributed by atoms with Crippen LogP contribution in [0, 0.1) is 0 Å². The fraction of sp³-hybridized carbons (Fsp3) is 0.370. The van der Waals surface area contributed by atoms with Crippen LogP contribution < -0.4 is 20.5 Å². The number of hydrogen-bond donors (Lipinski definition) is 3. The van der Waals surface area contributed by atoms with Gasteiger partial charge in [-0.25, -0.2) is 13.1 Å². The maximum atomic E-state index is 13.2. The van der Waals surface area contributed by atoms with Crippen molar-refractivity contribution in [2.75, 3.05) is 13.2 Å². The lowest BCUT2D eigenvalue weighted by molar-refractivity contribution is -0.122. The van der Waals surface area contributed by atoms with E-state index in [1.54, 1.807) is 30.3 Å². The van der Waals surface area contributed by atoms with Crippen LogP contribution in [0.25, 0.3) is 0 Å². The van der Waals surface area contributed by atoms with Crippen LogP contribution in [0.4, 0.5) is 13.2 Å². The third-order valence-corrected chi connectivity index (χ3v) is 8.28. The number of fused-ring (bicyclic) bond motifs is 1. The number of sulfonamides is 1. The average Bonchev–Trinajstić information content (AvgIpc) is 2.88. The lowest BCUT2D eigenvalue weighted by Gasteiger charge is -2.28. The maximum absolute atomic E-state index is 13.2. The molecular weight excluding hydrogens is 519 g/mol. The standard InChI is InChI=1S/C27H30F3N3O4S/c28-27(29,30)20-7-4-8-21(16-20)38(35,36)33-24(19-5-2-1-3-6-19)17-26(34)32-23-12-14-37-25-15-18(11-13-31)9-10-22(23)25/h1-7,9-10,15-16,21,23-24,33H,8,11-14,17,31H2,(H,32,34)/t21?,23-,24-/m1/s1. The summed E-state index contributed by atoms with van der Waals surface area (Å²) in [5, 5.41) is 1.56. The minimum atomic E-state index is -4.66. The van der Waals surface area contributed by atoms with Gasteiger partial charge < -0.3 is 15.8 Å². The van der Waals surface area contributed by atoms with E-state index in [1.165, 1.54) is 6.08 Å². The monoisotopic (exact) mass is 549 g/mol. The number of halogens is 3. The minimum absolute atomic E-state index is 0.104. The molecule has 204 valence electrons. The zero-order valence-corrected chi connectivity index (χ0v) is 21.4. The fourth-order valence-corrected chi connectivity index (χ4v) is 6.08. The van der Waals surface area contributed by atoms with Crippen LogP contribution in [0.2, 0.25) is 0 Å². The Morgan fingerprint density at radius 3 is 2.63 bits per heavy atom. The highest BCUT2D eigenvalue weighted by Gasteiger charge is 2.37. The Kier molecular flexibility index (Phi) is 8.59. The molecule has 2 aliphatic rings. The van der Waals surface area contributed by atoms with Crippen molar-refractivity contribution < 1.29 is 31.1 Å². The Hall–Kier alpha value is -3.15. The Balaban J connectivity index is 1.51. The van der Waals surface area contributed by atoms with Crippen LogP contribution in [-0.4, -0.2) is 38.9 Å². The summed E-state index contributed by atoms with van der Waals surface area (Å²) >= 11 is 0. The second kappa shape index (κ2) is 11.7. The first-order chi connectivity index (χ1) is 18.1. The summed E-state index contributed by atoms with van der Waals surface area (Å²) in [5.74, 6) is 0.269. The normalized spacial score (nSPS) is 20.2. The molecule has 4 rings (SSSR count). The molecule has 0 saturated carbocycles. The van der Waals surface area contributed by atoms with Crippen LogP contribution in [0.5, 0.6) is 5.75 Å². The second-order valence-corrected chi connectivity index (χ2v) is 11.2. The summed E-state index contributed by atoms with van der Waals surface area (Å²) < 4.78 is 74.1. The summed E-state index contributed by atoms with van der Waals surface area (Å²) in [7, 11) is -4.25. The van der Waals surface area contributed by atoms with E-state index in [2.05, 4.69) is 10.0 Å². The number of carbonyl (C=O) groups excluding carboxylic acids is 1. The topological polar surface area (TPSA) is 111 Å². The van der Waals surface area contributed by atoms with E-state index in [0.717, 1.165) is 17.2 Å². The van der Waals surface area contributed by atoms with Crippen molar-refractivity contribution in [1.82, 2.24) is 10.0 Å². The van der Waals surface area contributed by atoms with Gasteiger partial charge in [0, 0.05) is 18.4 Å². The third-order valence-electron chi connectivity index (χ3n) is 6.54. The molecule has 1 amide bonds. The number of nitrogens with two attached hydrogens (primary N) is 1. The number of ether oxygens (including phenoxy) is 1. The Labute approximate surface area is 220 Å². The van der Waals surface area contributed by atoms with Gasteiger partial charge in [0.05, 0.1) is 29.5 Å². The fourth-order valence-electron chi connectivity index (χ4n) is 4.60. The molecule has 11 heteroatoms. The quantitative estimate of drug-likeness (QED) is 0.438. The lowest BCUT2D eigenvalue weighted by Crippen LogP contribution is -2.40. The van der Waals surface area contributed by atoms with Gasteiger partial charge in [0.25, 0.3) is 0 Å². The number of alkyl halides is 3. The van der Waals surface area contributed by atoms with Gasteiger partial charge in [-0.05, 0) is 36.6 Å². The van der Waals surface area contributed by atoms with Gasteiger partial charge in [-0.15, -0.1) is 0 Å². The molecule has 0 spiro atoms. The molecule has 0 bridgehead atoms. The zero-order chi connectivity index (χ0) is 27.3. The van der Waals surface area contributed by atoms with Crippen LogP contribution in [0.1, 0.15) is 48.0 Å². The highest BCUT2D eigenvalue weighted by atomic mass is 32.2. The van der Waals surface area contributed by atoms with Crippen LogP contribution >= 0.6 is 0 Å². The molecule has 0 aromatic heterocycles. The number of carbonyl (C=O) groups is 1. The third kappa shape index (κ3) is 6.83. The highest BCUT2D eigenvalue weighted by molar-refractivity contribution is 7.90. The predicted molar refractivity (Wildman–Crippen MR) is 138 cm³/mol. The van der Waals surface area contributed by atoms with E-state index in [-0.39, 0.29) is 18.9 Å². The van der Waals surface area contributed by atoms with Gasteiger partial charge in [0.15, 0.2) is 0 Å². The van der Waals surface area contributed by atoms with Gasteiger partial charge >= 0.3 is 6.18 Å². The molecule has 2 aromatic carbocycles. The number of hydrogen-bond acceptors (Lipinski definition) is 5. The van der Waals surface area contributed by atoms with Gasteiger partial charge in [-0.1, -0.05) is 60.7 Å². The lowest BCUT2D eigenvalue weighted by atomic mass is 9.97. The maximum Gasteiger partial charge on any atom is 0.416 e. The molecule has 38 heavy (non-hydrogen) atoms. The second-order valence-electron chi connectivity index (χ2n) is 9.29. The molecule has 0 fully saturated rings. The van der Waals surface area contributed by atoms with Crippen LogP contribution in [0.3, 0.4) is 0 Å².